The van der Waals surface area contributed by atoms with E-state index in [0.717, 1.165) is 10.6 Å². The van der Waals surface area contributed by atoms with Gasteiger partial charge in [-0.1, -0.05) is 29.8 Å². The molecule has 0 spiro atoms. The first-order valence-electron chi connectivity index (χ1n) is 7.02. The molecule has 0 aliphatic rings. The number of aromatic nitrogens is 2. The third-order valence-electron chi connectivity index (χ3n) is 3.30. The van der Waals surface area contributed by atoms with Crippen molar-refractivity contribution in [1.29, 1.82) is 0 Å². The first-order valence-corrected chi connectivity index (χ1v) is 7.40. The van der Waals surface area contributed by atoms with Gasteiger partial charge in [0, 0.05) is 18.1 Å². The Labute approximate surface area is 146 Å². The van der Waals surface area contributed by atoms with Crippen LogP contribution in [0.3, 0.4) is 0 Å². The van der Waals surface area contributed by atoms with Gasteiger partial charge in [0.15, 0.2) is 6.61 Å². The summed E-state index contributed by atoms with van der Waals surface area (Å²) in [6, 6.07) is 6.84. The Morgan fingerprint density at radius 3 is 2.68 bits per heavy atom. The minimum absolute atomic E-state index is 0.304. The lowest BCUT2D eigenvalue weighted by atomic mass is 10.2. The fraction of sp³-hybridized carbons (Fsp3) is 0.125. The van der Waals surface area contributed by atoms with Gasteiger partial charge in [-0.2, -0.15) is 0 Å². The van der Waals surface area contributed by atoms with Gasteiger partial charge >= 0.3 is 11.7 Å². The number of H-pyrrole nitrogens is 1. The van der Waals surface area contributed by atoms with Crippen molar-refractivity contribution in [2.45, 2.75) is 0 Å². The predicted molar refractivity (Wildman–Crippen MR) is 92.5 cm³/mol. The molecule has 0 radical (unpaired) electrons. The summed E-state index contributed by atoms with van der Waals surface area (Å²) in [5.41, 5.74) is 4.07. The van der Waals surface area contributed by atoms with Crippen molar-refractivity contribution >= 4 is 35.2 Å². The minimum Gasteiger partial charge on any atom is -0.454 e. The summed E-state index contributed by atoms with van der Waals surface area (Å²) in [5, 5.41) is 0.451. The SMILES string of the molecule is Cn1c(N)c(C(=O)COC(=O)/C=C/c2ccccc2Cl)c(=O)[nH]c1=O. The standard InChI is InChI=1S/C16H14ClN3O5/c1-20-14(18)13(15(23)19-16(20)24)11(21)8-25-12(22)7-6-9-4-2-3-5-10(9)17/h2-7H,8,18H2,1H3,(H,19,23,24)/b7-6+. The second kappa shape index (κ2) is 7.63. The highest BCUT2D eigenvalue weighted by Crippen LogP contribution is 2.16. The number of anilines is 1. The number of aromatic amines is 1. The second-order valence-corrected chi connectivity index (χ2v) is 5.37. The van der Waals surface area contributed by atoms with Crippen LogP contribution in [-0.4, -0.2) is 27.9 Å². The molecule has 0 aliphatic heterocycles. The molecule has 0 fully saturated rings. The van der Waals surface area contributed by atoms with Gasteiger partial charge in [0.25, 0.3) is 5.56 Å². The van der Waals surface area contributed by atoms with E-state index in [4.69, 9.17) is 22.1 Å². The average Bonchev–Trinajstić information content (AvgIpc) is 2.57. The lowest BCUT2D eigenvalue weighted by Gasteiger charge is -2.07. The summed E-state index contributed by atoms with van der Waals surface area (Å²) in [5.74, 6) is -1.93. The minimum atomic E-state index is -0.937. The highest BCUT2D eigenvalue weighted by molar-refractivity contribution is 6.32. The van der Waals surface area contributed by atoms with E-state index < -0.39 is 35.2 Å². The summed E-state index contributed by atoms with van der Waals surface area (Å²) in [7, 11) is 1.29. The molecular weight excluding hydrogens is 350 g/mol. The van der Waals surface area contributed by atoms with Crippen LogP contribution in [0.5, 0.6) is 0 Å². The maximum atomic E-state index is 12.0. The monoisotopic (exact) mass is 363 g/mol. The van der Waals surface area contributed by atoms with Crippen LogP contribution in [0.15, 0.2) is 39.9 Å². The van der Waals surface area contributed by atoms with Crippen LogP contribution in [0.4, 0.5) is 5.82 Å². The van der Waals surface area contributed by atoms with Crippen LogP contribution in [0.25, 0.3) is 6.08 Å². The van der Waals surface area contributed by atoms with E-state index in [9.17, 15) is 19.2 Å². The Morgan fingerprint density at radius 2 is 2.00 bits per heavy atom. The number of nitrogens with zero attached hydrogens (tertiary/aromatic N) is 1. The van der Waals surface area contributed by atoms with Crippen molar-refractivity contribution in [3.8, 4) is 0 Å². The Bertz CT molecular complexity index is 974. The van der Waals surface area contributed by atoms with Gasteiger partial charge in [-0.05, 0) is 17.7 Å². The third-order valence-corrected chi connectivity index (χ3v) is 3.64. The molecule has 0 amide bonds. The molecule has 8 nitrogen and oxygen atoms in total. The number of hydrogen-bond acceptors (Lipinski definition) is 6. The van der Waals surface area contributed by atoms with Crippen LogP contribution in [0.2, 0.25) is 5.02 Å². The van der Waals surface area contributed by atoms with Crippen molar-refractivity contribution < 1.29 is 14.3 Å². The topological polar surface area (TPSA) is 124 Å². The zero-order chi connectivity index (χ0) is 18.6. The average molecular weight is 364 g/mol. The van der Waals surface area contributed by atoms with Crippen LogP contribution < -0.4 is 17.0 Å². The Morgan fingerprint density at radius 1 is 1.32 bits per heavy atom. The first-order chi connectivity index (χ1) is 11.8. The smallest absolute Gasteiger partial charge is 0.331 e. The van der Waals surface area contributed by atoms with E-state index in [1.807, 2.05) is 4.98 Å². The number of nitrogens with one attached hydrogen (secondary N) is 1. The molecule has 3 N–H and O–H groups in total. The summed E-state index contributed by atoms with van der Waals surface area (Å²) in [6.07, 6.45) is 2.53. The number of Topliss-reactive ketones (excluding diaryl/α,β-unsaturated/α-hetero) is 1. The Kier molecular flexibility index (Phi) is 5.56. The number of nitrogens with two attached hydrogens (primary N) is 1. The van der Waals surface area contributed by atoms with Crippen molar-refractivity contribution in [1.82, 2.24) is 9.55 Å². The van der Waals surface area contributed by atoms with Gasteiger partial charge < -0.3 is 10.5 Å². The van der Waals surface area contributed by atoms with E-state index >= 15 is 0 Å². The highest BCUT2D eigenvalue weighted by Gasteiger charge is 2.19. The molecule has 0 saturated heterocycles. The van der Waals surface area contributed by atoms with E-state index in [0.29, 0.717) is 10.6 Å². The summed E-state index contributed by atoms with van der Waals surface area (Å²) in [4.78, 5) is 48.7. The maximum absolute atomic E-state index is 12.0. The van der Waals surface area contributed by atoms with E-state index in [1.54, 1.807) is 24.3 Å². The number of esters is 1. The van der Waals surface area contributed by atoms with E-state index in [-0.39, 0.29) is 5.82 Å². The number of benzene rings is 1. The van der Waals surface area contributed by atoms with E-state index in [2.05, 4.69) is 0 Å². The molecule has 9 heteroatoms. The third kappa shape index (κ3) is 4.24. The second-order valence-electron chi connectivity index (χ2n) is 4.96. The number of halogens is 1. The predicted octanol–water partition coefficient (Wildman–Crippen LogP) is 0.748. The number of carbonyl (C=O) groups excluding carboxylic acids is 2. The van der Waals surface area contributed by atoms with Gasteiger partial charge in [-0.3, -0.25) is 19.1 Å². The number of hydrogen-bond donors (Lipinski definition) is 2. The lowest BCUT2D eigenvalue weighted by molar-refractivity contribution is -0.136. The molecule has 0 atom stereocenters. The van der Waals surface area contributed by atoms with Crippen LogP contribution in [-0.2, 0) is 16.6 Å². The molecule has 0 bridgehead atoms. The Hall–Kier alpha value is -3.13. The maximum Gasteiger partial charge on any atom is 0.331 e. The van der Waals surface area contributed by atoms with Gasteiger partial charge in [-0.15, -0.1) is 0 Å². The molecule has 0 saturated carbocycles. The molecular formula is C16H14ClN3O5. The number of rotatable bonds is 5. The number of nitrogen functional groups attached to an aromatic ring is 1. The summed E-state index contributed by atoms with van der Waals surface area (Å²) in [6.45, 7) is -0.697. The van der Waals surface area contributed by atoms with Crippen molar-refractivity contribution in [2.24, 2.45) is 7.05 Å². The molecule has 1 heterocycles. The summed E-state index contributed by atoms with van der Waals surface area (Å²) >= 11 is 5.94. The van der Waals surface area contributed by atoms with Crippen molar-refractivity contribution in [2.75, 3.05) is 12.3 Å². The van der Waals surface area contributed by atoms with Gasteiger partial charge in [-0.25, -0.2) is 9.59 Å². The fourth-order valence-corrected chi connectivity index (χ4v) is 2.13. The molecule has 2 rings (SSSR count). The summed E-state index contributed by atoms with van der Waals surface area (Å²) < 4.78 is 5.70. The fourth-order valence-electron chi connectivity index (χ4n) is 1.93. The number of ether oxygens (including phenoxy) is 1. The van der Waals surface area contributed by atoms with Crippen molar-refractivity contribution in [3.63, 3.8) is 0 Å². The zero-order valence-corrected chi connectivity index (χ0v) is 13.9. The zero-order valence-electron chi connectivity index (χ0n) is 13.1. The van der Waals surface area contributed by atoms with Gasteiger partial charge in [0.05, 0.1) is 0 Å². The molecule has 25 heavy (non-hydrogen) atoms. The Balaban J connectivity index is 2.07. The molecule has 130 valence electrons. The van der Waals surface area contributed by atoms with Crippen molar-refractivity contribution in [3.05, 3.63) is 67.3 Å². The van der Waals surface area contributed by atoms with Gasteiger partial charge in [0.1, 0.15) is 11.4 Å². The molecule has 0 unspecified atom stereocenters. The van der Waals surface area contributed by atoms with Crippen LogP contribution in [0.1, 0.15) is 15.9 Å². The first kappa shape index (κ1) is 18.2. The molecule has 2 aromatic rings. The molecule has 0 aliphatic carbocycles. The highest BCUT2D eigenvalue weighted by atomic mass is 35.5. The van der Waals surface area contributed by atoms with Crippen LogP contribution in [0, 0.1) is 0 Å². The number of carbonyl (C=O) groups is 2. The number of ketones is 1. The molecule has 1 aromatic carbocycles. The van der Waals surface area contributed by atoms with Crippen LogP contribution >= 0.6 is 11.6 Å². The normalized spacial score (nSPS) is 10.8. The molecule has 1 aromatic heterocycles. The van der Waals surface area contributed by atoms with E-state index in [1.165, 1.54) is 13.1 Å². The largest absolute Gasteiger partial charge is 0.454 e. The van der Waals surface area contributed by atoms with Gasteiger partial charge in [0.2, 0.25) is 5.78 Å². The quantitative estimate of drug-likeness (QED) is 0.459. The lowest BCUT2D eigenvalue weighted by Crippen LogP contribution is -2.35.